The summed E-state index contributed by atoms with van der Waals surface area (Å²) in [6, 6.07) is 0. The molecule has 13 heavy (non-hydrogen) atoms. The summed E-state index contributed by atoms with van der Waals surface area (Å²) in [5, 5.41) is 0. The highest BCUT2D eigenvalue weighted by molar-refractivity contribution is 5.66. The lowest BCUT2D eigenvalue weighted by molar-refractivity contribution is -0.144. The molecule has 1 heterocycles. The Morgan fingerprint density at radius 1 is 1.38 bits per heavy atom. The second-order valence-electron chi connectivity index (χ2n) is 3.56. The van der Waals surface area contributed by atoms with Crippen molar-refractivity contribution in [2.24, 2.45) is 0 Å². The Bertz CT molecular complexity index is 164. The molecule has 0 aromatic rings. The van der Waals surface area contributed by atoms with E-state index in [0.717, 1.165) is 13.1 Å². The van der Waals surface area contributed by atoms with Gasteiger partial charge in [-0.05, 0) is 32.9 Å². The van der Waals surface area contributed by atoms with Crippen LogP contribution >= 0.6 is 0 Å². The van der Waals surface area contributed by atoms with Crippen molar-refractivity contribution in [1.82, 2.24) is 4.90 Å². The quantitative estimate of drug-likeness (QED) is 0.624. The lowest BCUT2D eigenvalue weighted by Crippen LogP contribution is -2.32. The molecule has 1 saturated heterocycles. The van der Waals surface area contributed by atoms with Crippen molar-refractivity contribution in [1.29, 1.82) is 0 Å². The molecular weight excluding hydrogens is 166 g/mol. The molecule has 3 heteroatoms. The number of ether oxygens (including phenoxy) is 1. The van der Waals surface area contributed by atoms with Crippen LogP contribution in [0.5, 0.6) is 0 Å². The normalized spacial score (nSPS) is 21.1. The van der Waals surface area contributed by atoms with Gasteiger partial charge < -0.3 is 4.74 Å². The van der Waals surface area contributed by atoms with Gasteiger partial charge in [-0.25, -0.2) is 0 Å². The van der Waals surface area contributed by atoms with Crippen molar-refractivity contribution in [3.05, 3.63) is 6.54 Å². The second-order valence-corrected chi connectivity index (χ2v) is 3.56. The Hall–Kier alpha value is -0.570. The van der Waals surface area contributed by atoms with Crippen molar-refractivity contribution in [2.75, 3.05) is 13.1 Å². The lowest BCUT2D eigenvalue weighted by Gasteiger charge is -2.28. The maximum absolute atomic E-state index is 10.6. The van der Waals surface area contributed by atoms with E-state index < -0.39 is 0 Å². The molecule has 3 nitrogen and oxygen atoms in total. The van der Waals surface area contributed by atoms with Gasteiger partial charge in [0.15, 0.2) is 0 Å². The molecule has 1 radical (unpaired) electrons. The molecule has 1 fully saturated rings. The average molecular weight is 184 g/mol. The first-order valence-electron chi connectivity index (χ1n) is 4.95. The summed E-state index contributed by atoms with van der Waals surface area (Å²) in [5.41, 5.74) is 0. The standard InChI is InChI=1S/C10H18NO2/c1-9(13-10(2)12)8-11-6-4-3-5-7-11/h8-9H,3-7H2,1-2H3. The molecule has 0 aromatic heterocycles. The number of piperidine rings is 1. The first kappa shape index (κ1) is 10.5. The molecule has 0 saturated carbocycles. The maximum Gasteiger partial charge on any atom is 0.302 e. The van der Waals surface area contributed by atoms with E-state index in [1.807, 2.05) is 13.5 Å². The van der Waals surface area contributed by atoms with Crippen molar-refractivity contribution in [3.8, 4) is 0 Å². The number of hydrogen-bond donors (Lipinski definition) is 0. The van der Waals surface area contributed by atoms with Gasteiger partial charge in [0.1, 0.15) is 6.10 Å². The van der Waals surface area contributed by atoms with E-state index in [1.54, 1.807) is 0 Å². The largest absolute Gasteiger partial charge is 0.461 e. The van der Waals surface area contributed by atoms with Gasteiger partial charge in [-0.2, -0.15) is 0 Å². The molecule has 0 aromatic carbocycles. The summed E-state index contributed by atoms with van der Waals surface area (Å²) in [5.74, 6) is -0.208. The smallest absolute Gasteiger partial charge is 0.302 e. The van der Waals surface area contributed by atoms with Crippen LogP contribution < -0.4 is 0 Å². The zero-order valence-corrected chi connectivity index (χ0v) is 8.45. The summed E-state index contributed by atoms with van der Waals surface area (Å²) in [4.78, 5) is 12.9. The zero-order valence-electron chi connectivity index (χ0n) is 8.45. The summed E-state index contributed by atoms with van der Waals surface area (Å²) in [7, 11) is 0. The van der Waals surface area contributed by atoms with Crippen LogP contribution in [0, 0.1) is 6.54 Å². The van der Waals surface area contributed by atoms with Gasteiger partial charge in [-0.1, -0.05) is 6.42 Å². The fraction of sp³-hybridized carbons (Fsp3) is 0.800. The number of likely N-dealkylation sites (tertiary alicyclic amines) is 1. The van der Waals surface area contributed by atoms with E-state index in [-0.39, 0.29) is 12.1 Å². The Morgan fingerprint density at radius 3 is 2.54 bits per heavy atom. The van der Waals surface area contributed by atoms with Gasteiger partial charge >= 0.3 is 5.97 Å². The van der Waals surface area contributed by atoms with E-state index in [1.165, 1.54) is 26.2 Å². The van der Waals surface area contributed by atoms with Crippen LogP contribution in [0.2, 0.25) is 0 Å². The summed E-state index contributed by atoms with van der Waals surface area (Å²) < 4.78 is 5.02. The minimum Gasteiger partial charge on any atom is -0.461 e. The number of rotatable bonds is 3. The van der Waals surface area contributed by atoms with E-state index in [4.69, 9.17) is 4.74 Å². The van der Waals surface area contributed by atoms with Gasteiger partial charge in [0.25, 0.3) is 0 Å². The first-order valence-corrected chi connectivity index (χ1v) is 4.95. The highest BCUT2D eigenvalue weighted by Crippen LogP contribution is 2.12. The second kappa shape index (κ2) is 5.22. The van der Waals surface area contributed by atoms with Crippen LogP contribution in [0.3, 0.4) is 0 Å². The van der Waals surface area contributed by atoms with Crippen LogP contribution in [0.1, 0.15) is 33.1 Å². The summed E-state index contributed by atoms with van der Waals surface area (Å²) in [6.45, 7) is 7.56. The fourth-order valence-electron chi connectivity index (χ4n) is 1.66. The van der Waals surface area contributed by atoms with Crippen molar-refractivity contribution >= 4 is 5.97 Å². The monoisotopic (exact) mass is 184 g/mol. The van der Waals surface area contributed by atoms with Crippen molar-refractivity contribution < 1.29 is 9.53 Å². The molecule has 0 amide bonds. The van der Waals surface area contributed by atoms with Gasteiger partial charge in [-0.3, -0.25) is 9.69 Å². The minimum atomic E-state index is -0.208. The van der Waals surface area contributed by atoms with Crippen molar-refractivity contribution in [2.45, 2.75) is 39.2 Å². The molecule has 0 aliphatic carbocycles. The Kier molecular flexibility index (Phi) is 4.22. The average Bonchev–Trinajstić information content (AvgIpc) is 2.04. The van der Waals surface area contributed by atoms with E-state index in [0.29, 0.717) is 0 Å². The van der Waals surface area contributed by atoms with Crippen LogP contribution in [-0.4, -0.2) is 30.1 Å². The Morgan fingerprint density at radius 2 is 2.00 bits per heavy atom. The molecule has 0 N–H and O–H groups in total. The molecule has 1 aliphatic rings. The fourth-order valence-corrected chi connectivity index (χ4v) is 1.66. The molecule has 0 spiro atoms. The van der Waals surface area contributed by atoms with Crippen LogP contribution in [0.15, 0.2) is 0 Å². The highest BCUT2D eigenvalue weighted by Gasteiger charge is 2.15. The SMILES string of the molecule is CC(=O)OC(C)[CH]N1CCCCC1. The summed E-state index contributed by atoms with van der Waals surface area (Å²) in [6.07, 6.45) is 3.74. The van der Waals surface area contributed by atoms with Gasteiger partial charge in [0, 0.05) is 6.92 Å². The first-order chi connectivity index (χ1) is 6.18. The summed E-state index contributed by atoms with van der Waals surface area (Å²) >= 11 is 0. The third kappa shape index (κ3) is 4.27. The Labute approximate surface area is 80.1 Å². The van der Waals surface area contributed by atoms with Crippen LogP contribution in [0.4, 0.5) is 0 Å². The molecule has 75 valence electrons. The predicted molar refractivity (Wildman–Crippen MR) is 51.0 cm³/mol. The number of carbonyl (C=O) groups excluding carboxylic acids is 1. The van der Waals surface area contributed by atoms with Crippen molar-refractivity contribution in [3.63, 3.8) is 0 Å². The van der Waals surface area contributed by atoms with E-state index in [2.05, 4.69) is 4.90 Å². The highest BCUT2D eigenvalue weighted by atomic mass is 16.5. The number of hydrogen-bond acceptors (Lipinski definition) is 3. The van der Waals surface area contributed by atoms with Crippen LogP contribution in [-0.2, 0) is 9.53 Å². The Balaban J connectivity index is 2.18. The maximum atomic E-state index is 10.6. The minimum absolute atomic E-state index is 0.0874. The zero-order chi connectivity index (χ0) is 9.68. The predicted octanol–water partition coefficient (Wildman–Crippen LogP) is 1.59. The third-order valence-corrected chi connectivity index (χ3v) is 2.16. The topological polar surface area (TPSA) is 29.5 Å². The molecule has 1 aliphatic heterocycles. The number of esters is 1. The number of carbonyl (C=O) groups is 1. The van der Waals surface area contributed by atoms with Gasteiger partial charge in [-0.15, -0.1) is 0 Å². The van der Waals surface area contributed by atoms with Gasteiger partial charge in [0.05, 0.1) is 6.54 Å². The molecular formula is C10H18NO2. The molecule has 1 atom stereocenters. The lowest BCUT2D eigenvalue weighted by atomic mass is 10.1. The molecule has 1 rings (SSSR count). The van der Waals surface area contributed by atoms with Gasteiger partial charge in [0.2, 0.25) is 0 Å². The number of nitrogens with zero attached hydrogens (tertiary/aromatic N) is 1. The van der Waals surface area contributed by atoms with Crippen LogP contribution in [0.25, 0.3) is 0 Å². The molecule has 1 unspecified atom stereocenters. The molecule has 0 bridgehead atoms. The third-order valence-electron chi connectivity index (χ3n) is 2.16. The van der Waals surface area contributed by atoms with E-state index in [9.17, 15) is 4.79 Å². The van der Waals surface area contributed by atoms with E-state index >= 15 is 0 Å².